The number of ether oxygens (including phenoxy) is 1. The first-order valence-electron chi connectivity index (χ1n) is 10.2. The summed E-state index contributed by atoms with van der Waals surface area (Å²) < 4.78 is 18.2. The molecular weight excluding hydrogens is 361 g/mol. The van der Waals surface area contributed by atoms with Crippen LogP contribution >= 0.6 is 0 Å². The lowest BCUT2D eigenvalue weighted by Gasteiger charge is -2.40. The maximum atomic E-state index is 13.1. The number of hydrogen-bond donors (Lipinski definition) is 0. The number of piperazine rings is 1. The molecule has 0 aromatic heterocycles. The lowest BCUT2D eigenvalue weighted by atomic mass is 9.96. The Bertz CT molecular complexity index is 666. The molecule has 3 rings (SSSR count). The molecule has 2 fully saturated rings. The van der Waals surface area contributed by atoms with Gasteiger partial charge in [0.15, 0.2) is 0 Å². The molecule has 2 aliphatic rings. The van der Waals surface area contributed by atoms with E-state index < -0.39 is 0 Å². The fraction of sp³-hybridized carbons (Fsp3) is 0.619. The molecule has 1 amide bonds. The van der Waals surface area contributed by atoms with Crippen LogP contribution in [-0.2, 0) is 14.3 Å². The van der Waals surface area contributed by atoms with Crippen LogP contribution in [0.4, 0.5) is 10.1 Å². The van der Waals surface area contributed by atoms with Crippen LogP contribution in [0.15, 0.2) is 24.3 Å². The van der Waals surface area contributed by atoms with Crippen LogP contribution in [0.3, 0.4) is 0 Å². The molecule has 1 unspecified atom stereocenters. The summed E-state index contributed by atoms with van der Waals surface area (Å²) in [6.07, 6.45) is 1.35. The first-order chi connectivity index (χ1) is 13.5. The number of amides is 1. The van der Waals surface area contributed by atoms with E-state index in [1.807, 2.05) is 18.7 Å². The summed E-state index contributed by atoms with van der Waals surface area (Å²) in [5.41, 5.74) is 1.01. The van der Waals surface area contributed by atoms with Gasteiger partial charge in [0.05, 0.1) is 18.6 Å². The summed E-state index contributed by atoms with van der Waals surface area (Å²) >= 11 is 0. The second-order valence-electron chi connectivity index (χ2n) is 7.53. The van der Waals surface area contributed by atoms with Gasteiger partial charge in [-0.15, -0.1) is 0 Å². The lowest BCUT2D eigenvalue weighted by molar-refractivity contribution is -0.152. The number of nitrogens with zero attached hydrogens (tertiary/aromatic N) is 3. The van der Waals surface area contributed by atoms with Crippen LogP contribution in [-0.4, -0.2) is 73.6 Å². The van der Waals surface area contributed by atoms with Crippen molar-refractivity contribution >= 4 is 17.6 Å². The largest absolute Gasteiger partial charge is 0.466 e. The number of anilines is 1. The van der Waals surface area contributed by atoms with Gasteiger partial charge < -0.3 is 14.5 Å². The smallest absolute Gasteiger partial charge is 0.309 e. The Balaban J connectivity index is 1.47. The molecule has 1 atom stereocenters. The topological polar surface area (TPSA) is 53.1 Å². The molecule has 0 radical (unpaired) electrons. The Labute approximate surface area is 166 Å². The Morgan fingerprint density at radius 3 is 2.25 bits per heavy atom. The molecule has 2 saturated heterocycles. The van der Waals surface area contributed by atoms with Gasteiger partial charge in [-0.25, -0.2) is 4.39 Å². The quantitative estimate of drug-likeness (QED) is 0.720. The molecule has 0 spiro atoms. The van der Waals surface area contributed by atoms with Crippen molar-refractivity contribution in [3.05, 3.63) is 30.1 Å². The maximum Gasteiger partial charge on any atom is 0.309 e. The van der Waals surface area contributed by atoms with Gasteiger partial charge in [0, 0.05) is 45.0 Å². The number of benzene rings is 1. The Hall–Kier alpha value is -2.15. The van der Waals surface area contributed by atoms with Gasteiger partial charge in [-0.2, -0.15) is 0 Å². The van der Waals surface area contributed by atoms with Gasteiger partial charge in [0.2, 0.25) is 5.91 Å². The molecule has 154 valence electrons. The third-order valence-corrected chi connectivity index (χ3v) is 5.84. The summed E-state index contributed by atoms with van der Waals surface area (Å²) in [4.78, 5) is 31.1. The fourth-order valence-electron chi connectivity index (χ4n) is 4.04. The van der Waals surface area contributed by atoms with E-state index in [1.165, 1.54) is 12.1 Å². The van der Waals surface area contributed by atoms with Crippen LogP contribution in [0.25, 0.3) is 0 Å². The molecule has 6 nitrogen and oxygen atoms in total. The van der Waals surface area contributed by atoms with Crippen molar-refractivity contribution in [3.63, 3.8) is 0 Å². The van der Waals surface area contributed by atoms with Crippen molar-refractivity contribution in [3.8, 4) is 0 Å². The summed E-state index contributed by atoms with van der Waals surface area (Å²) in [5, 5.41) is 0. The minimum Gasteiger partial charge on any atom is -0.466 e. The highest BCUT2D eigenvalue weighted by molar-refractivity contribution is 5.82. The first kappa shape index (κ1) is 20.6. The molecule has 0 saturated carbocycles. The van der Waals surface area contributed by atoms with Gasteiger partial charge in [-0.3, -0.25) is 14.5 Å². The zero-order valence-corrected chi connectivity index (χ0v) is 16.8. The minimum absolute atomic E-state index is 0.0847. The number of hydrogen-bond acceptors (Lipinski definition) is 5. The third kappa shape index (κ3) is 4.82. The van der Waals surface area contributed by atoms with Crippen LogP contribution in [0.5, 0.6) is 0 Å². The third-order valence-electron chi connectivity index (χ3n) is 5.84. The molecule has 0 bridgehead atoms. The van der Waals surface area contributed by atoms with Gasteiger partial charge >= 0.3 is 5.97 Å². The molecule has 2 aliphatic heterocycles. The number of likely N-dealkylation sites (tertiary alicyclic amines) is 1. The number of carbonyl (C=O) groups is 2. The molecule has 2 heterocycles. The van der Waals surface area contributed by atoms with E-state index in [4.69, 9.17) is 4.74 Å². The lowest BCUT2D eigenvalue weighted by Crippen LogP contribution is -2.55. The zero-order valence-electron chi connectivity index (χ0n) is 16.8. The summed E-state index contributed by atoms with van der Waals surface area (Å²) in [7, 11) is 0. The van der Waals surface area contributed by atoms with Crippen molar-refractivity contribution < 1.29 is 18.7 Å². The van der Waals surface area contributed by atoms with Gasteiger partial charge in [0.1, 0.15) is 5.82 Å². The van der Waals surface area contributed by atoms with Crippen LogP contribution in [0.2, 0.25) is 0 Å². The number of halogens is 1. The minimum atomic E-state index is -0.228. The first-order valence-corrected chi connectivity index (χ1v) is 10.2. The summed E-state index contributed by atoms with van der Waals surface area (Å²) in [6, 6.07) is 6.39. The van der Waals surface area contributed by atoms with E-state index in [-0.39, 0.29) is 29.7 Å². The standard InChI is InChI=1S/C21H30FN3O3/c1-3-28-21(27)17-8-10-25(11-9-17)20(26)16(2)23-12-14-24(15-13-23)19-6-4-18(22)5-7-19/h4-7,16-17H,3,8-15H2,1-2H3. The molecule has 7 heteroatoms. The average Bonchev–Trinajstić information content (AvgIpc) is 2.74. The Kier molecular flexibility index (Phi) is 6.88. The zero-order chi connectivity index (χ0) is 20.1. The van der Waals surface area contributed by atoms with Crippen LogP contribution in [0.1, 0.15) is 26.7 Å². The van der Waals surface area contributed by atoms with Crippen molar-refractivity contribution in [2.45, 2.75) is 32.7 Å². The molecule has 0 N–H and O–H groups in total. The van der Waals surface area contributed by atoms with Gasteiger partial charge in [0.25, 0.3) is 0 Å². The predicted octanol–water partition coefficient (Wildman–Crippen LogP) is 2.14. The molecule has 1 aromatic rings. The molecular formula is C21H30FN3O3. The fourth-order valence-corrected chi connectivity index (χ4v) is 4.04. The second kappa shape index (κ2) is 9.37. The van der Waals surface area contributed by atoms with Crippen LogP contribution < -0.4 is 4.90 Å². The van der Waals surface area contributed by atoms with Crippen molar-refractivity contribution in [2.24, 2.45) is 5.92 Å². The number of piperidine rings is 1. The highest BCUT2D eigenvalue weighted by Crippen LogP contribution is 2.22. The van der Waals surface area contributed by atoms with E-state index in [2.05, 4.69) is 9.80 Å². The van der Waals surface area contributed by atoms with Crippen molar-refractivity contribution in [2.75, 3.05) is 50.8 Å². The average molecular weight is 391 g/mol. The highest BCUT2D eigenvalue weighted by Gasteiger charge is 2.33. The number of esters is 1. The van der Waals surface area contributed by atoms with Gasteiger partial charge in [-0.05, 0) is 51.0 Å². The maximum absolute atomic E-state index is 13.1. The monoisotopic (exact) mass is 391 g/mol. The number of carbonyl (C=O) groups excluding carboxylic acids is 2. The molecule has 0 aliphatic carbocycles. The van der Waals surface area contributed by atoms with Crippen LogP contribution in [0, 0.1) is 11.7 Å². The predicted molar refractivity (Wildman–Crippen MR) is 106 cm³/mol. The van der Waals surface area contributed by atoms with Crippen molar-refractivity contribution in [1.29, 1.82) is 0 Å². The Morgan fingerprint density at radius 1 is 1.07 bits per heavy atom. The second-order valence-corrected chi connectivity index (χ2v) is 7.53. The molecule has 28 heavy (non-hydrogen) atoms. The van der Waals surface area contributed by atoms with Crippen molar-refractivity contribution in [1.82, 2.24) is 9.80 Å². The van der Waals surface area contributed by atoms with E-state index in [9.17, 15) is 14.0 Å². The SMILES string of the molecule is CCOC(=O)C1CCN(C(=O)C(C)N2CCN(c3ccc(F)cc3)CC2)CC1. The summed E-state index contributed by atoms with van der Waals surface area (Å²) in [6.45, 7) is 8.63. The van der Waals surface area contributed by atoms with Gasteiger partial charge in [-0.1, -0.05) is 0 Å². The summed E-state index contributed by atoms with van der Waals surface area (Å²) in [5.74, 6) is -0.316. The molecule has 1 aromatic carbocycles. The normalized spacial score (nSPS) is 20.1. The van der Waals surface area contributed by atoms with E-state index >= 15 is 0 Å². The van der Waals surface area contributed by atoms with E-state index in [1.54, 1.807) is 12.1 Å². The van der Waals surface area contributed by atoms with E-state index in [0.29, 0.717) is 32.5 Å². The van der Waals surface area contributed by atoms with E-state index in [0.717, 1.165) is 31.9 Å². The number of rotatable bonds is 5. The highest BCUT2D eigenvalue weighted by atomic mass is 19.1. The Morgan fingerprint density at radius 2 is 1.68 bits per heavy atom.